The molecule has 1 saturated carbocycles. The fourth-order valence-corrected chi connectivity index (χ4v) is 1.95. The van der Waals surface area contributed by atoms with Gasteiger partial charge in [-0.3, -0.25) is 0 Å². The Morgan fingerprint density at radius 2 is 2.07 bits per heavy atom. The molecule has 0 saturated heterocycles. The van der Waals surface area contributed by atoms with E-state index in [0.29, 0.717) is 6.04 Å². The molecule has 0 aliphatic heterocycles. The van der Waals surface area contributed by atoms with Crippen molar-refractivity contribution in [2.75, 3.05) is 26.7 Å². The predicted octanol–water partition coefficient (Wildman–Crippen LogP) is 0.831. The van der Waals surface area contributed by atoms with Crippen molar-refractivity contribution in [2.24, 2.45) is 0 Å². The first kappa shape index (κ1) is 12.0. The Bertz CT molecular complexity index is 152. The number of hydrogen-bond acceptors (Lipinski definition) is 3. The molecule has 0 aromatic rings. The summed E-state index contributed by atoms with van der Waals surface area (Å²) >= 11 is 0. The molecular weight excluding hydrogens is 176 g/mol. The molecule has 0 heterocycles. The molecule has 2 N–H and O–H groups in total. The van der Waals surface area contributed by atoms with Gasteiger partial charge in [0.05, 0.1) is 6.10 Å². The maximum atomic E-state index is 9.72. The van der Waals surface area contributed by atoms with Gasteiger partial charge in [0, 0.05) is 19.1 Å². The van der Waals surface area contributed by atoms with E-state index in [-0.39, 0.29) is 6.10 Å². The summed E-state index contributed by atoms with van der Waals surface area (Å²) in [6.07, 6.45) is 4.45. The molecule has 84 valence electrons. The summed E-state index contributed by atoms with van der Waals surface area (Å²) in [5, 5.41) is 13.2. The van der Waals surface area contributed by atoms with E-state index < -0.39 is 0 Å². The van der Waals surface area contributed by atoms with Crippen LogP contribution in [0.4, 0.5) is 0 Å². The van der Waals surface area contributed by atoms with Crippen molar-refractivity contribution in [1.82, 2.24) is 10.2 Å². The summed E-state index contributed by atoms with van der Waals surface area (Å²) in [5.41, 5.74) is 0. The zero-order valence-corrected chi connectivity index (χ0v) is 9.50. The Labute approximate surface area is 87.5 Å². The monoisotopic (exact) mass is 200 g/mol. The fraction of sp³-hybridized carbons (Fsp3) is 1.00. The number of likely N-dealkylation sites (N-methyl/N-ethyl adjacent to an activating group) is 1. The van der Waals surface area contributed by atoms with E-state index >= 15 is 0 Å². The summed E-state index contributed by atoms with van der Waals surface area (Å²) in [5.74, 6) is 0. The zero-order chi connectivity index (χ0) is 10.4. The lowest BCUT2D eigenvalue weighted by atomic mass is 9.93. The quantitative estimate of drug-likeness (QED) is 0.690. The summed E-state index contributed by atoms with van der Waals surface area (Å²) in [4.78, 5) is 2.28. The summed E-state index contributed by atoms with van der Waals surface area (Å²) in [6, 6.07) is 0.342. The molecule has 0 spiro atoms. The van der Waals surface area contributed by atoms with Crippen molar-refractivity contribution in [3.05, 3.63) is 0 Å². The molecule has 1 rings (SSSR count). The van der Waals surface area contributed by atoms with Gasteiger partial charge in [0.2, 0.25) is 0 Å². The third-order valence-electron chi connectivity index (χ3n) is 3.17. The average Bonchev–Trinajstić information content (AvgIpc) is 2.20. The van der Waals surface area contributed by atoms with Crippen molar-refractivity contribution >= 4 is 0 Å². The highest BCUT2D eigenvalue weighted by Gasteiger charge is 2.21. The number of rotatable bonds is 5. The molecule has 3 heteroatoms. The average molecular weight is 200 g/mol. The second kappa shape index (κ2) is 6.38. The lowest BCUT2D eigenvalue weighted by Crippen LogP contribution is -2.44. The van der Waals surface area contributed by atoms with Crippen LogP contribution in [-0.4, -0.2) is 48.8 Å². The van der Waals surface area contributed by atoms with Crippen LogP contribution in [0.5, 0.6) is 0 Å². The van der Waals surface area contributed by atoms with Gasteiger partial charge in [-0.25, -0.2) is 0 Å². The van der Waals surface area contributed by atoms with Crippen LogP contribution < -0.4 is 5.32 Å². The largest absolute Gasteiger partial charge is 0.392 e. The normalized spacial score (nSPS) is 28.3. The van der Waals surface area contributed by atoms with Gasteiger partial charge < -0.3 is 15.3 Å². The summed E-state index contributed by atoms with van der Waals surface area (Å²) in [7, 11) is 2.12. The third-order valence-corrected chi connectivity index (χ3v) is 3.17. The number of nitrogens with zero attached hydrogens (tertiary/aromatic N) is 1. The lowest BCUT2D eigenvalue weighted by Gasteiger charge is -2.29. The first-order valence-electron chi connectivity index (χ1n) is 5.84. The molecule has 14 heavy (non-hydrogen) atoms. The van der Waals surface area contributed by atoms with Crippen LogP contribution in [0, 0.1) is 0 Å². The molecule has 3 nitrogen and oxygen atoms in total. The van der Waals surface area contributed by atoms with E-state index in [1.54, 1.807) is 0 Å². The van der Waals surface area contributed by atoms with Crippen LogP contribution in [0.1, 0.15) is 32.6 Å². The predicted molar refractivity (Wildman–Crippen MR) is 59.4 cm³/mol. The molecule has 1 aliphatic carbocycles. The van der Waals surface area contributed by atoms with E-state index in [4.69, 9.17) is 0 Å². The molecule has 1 aliphatic rings. The van der Waals surface area contributed by atoms with Crippen molar-refractivity contribution in [2.45, 2.75) is 44.8 Å². The van der Waals surface area contributed by atoms with E-state index in [9.17, 15) is 5.11 Å². The van der Waals surface area contributed by atoms with Gasteiger partial charge in [-0.05, 0) is 26.4 Å². The molecule has 0 aromatic carbocycles. The number of nitrogens with one attached hydrogen (secondary N) is 1. The highest BCUT2D eigenvalue weighted by atomic mass is 16.3. The van der Waals surface area contributed by atoms with E-state index in [1.807, 2.05) is 0 Å². The SMILES string of the molecule is CCN(C)CCN[C@@H]1CCCC[C@H]1O. The standard InChI is InChI=1S/C11H24N2O/c1-3-13(2)9-8-12-10-6-4-5-7-11(10)14/h10-12,14H,3-9H2,1-2H3/t10-,11-/m1/s1. The Morgan fingerprint density at radius 3 is 2.71 bits per heavy atom. The second-order valence-electron chi connectivity index (χ2n) is 4.31. The first-order chi connectivity index (χ1) is 6.74. The smallest absolute Gasteiger partial charge is 0.0693 e. The van der Waals surface area contributed by atoms with E-state index in [1.165, 1.54) is 12.8 Å². The zero-order valence-electron chi connectivity index (χ0n) is 9.50. The second-order valence-corrected chi connectivity index (χ2v) is 4.31. The van der Waals surface area contributed by atoms with Crippen molar-refractivity contribution in [1.29, 1.82) is 0 Å². The first-order valence-corrected chi connectivity index (χ1v) is 5.84. The maximum Gasteiger partial charge on any atom is 0.0693 e. The van der Waals surface area contributed by atoms with E-state index in [0.717, 1.165) is 32.5 Å². The van der Waals surface area contributed by atoms with Crippen LogP contribution in [0.15, 0.2) is 0 Å². The molecule has 0 bridgehead atoms. The fourth-order valence-electron chi connectivity index (χ4n) is 1.95. The lowest BCUT2D eigenvalue weighted by molar-refractivity contribution is 0.0899. The minimum atomic E-state index is -0.115. The molecule has 0 aromatic heterocycles. The van der Waals surface area contributed by atoms with Crippen molar-refractivity contribution < 1.29 is 5.11 Å². The topological polar surface area (TPSA) is 35.5 Å². The Hall–Kier alpha value is -0.120. The third kappa shape index (κ3) is 3.95. The molecule has 1 fully saturated rings. The highest BCUT2D eigenvalue weighted by Crippen LogP contribution is 2.17. The van der Waals surface area contributed by atoms with Gasteiger partial charge in [-0.15, -0.1) is 0 Å². The van der Waals surface area contributed by atoms with Crippen LogP contribution in [-0.2, 0) is 0 Å². The molecule has 2 atom stereocenters. The number of aliphatic hydroxyl groups is 1. The summed E-state index contributed by atoms with van der Waals surface area (Å²) < 4.78 is 0. The van der Waals surface area contributed by atoms with Crippen LogP contribution in [0.25, 0.3) is 0 Å². The van der Waals surface area contributed by atoms with Crippen LogP contribution in [0.2, 0.25) is 0 Å². The summed E-state index contributed by atoms with van der Waals surface area (Å²) in [6.45, 7) is 5.32. The minimum Gasteiger partial charge on any atom is -0.392 e. The molecule has 0 amide bonds. The molecular formula is C11H24N2O. The Kier molecular flexibility index (Phi) is 5.45. The number of hydrogen-bond donors (Lipinski definition) is 2. The Balaban J connectivity index is 2.10. The van der Waals surface area contributed by atoms with E-state index in [2.05, 4.69) is 24.2 Å². The minimum absolute atomic E-state index is 0.115. The van der Waals surface area contributed by atoms with Gasteiger partial charge in [-0.1, -0.05) is 19.8 Å². The van der Waals surface area contributed by atoms with Gasteiger partial charge >= 0.3 is 0 Å². The molecule has 0 radical (unpaired) electrons. The van der Waals surface area contributed by atoms with Gasteiger partial charge in [0.15, 0.2) is 0 Å². The molecule has 0 unspecified atom stereocenters. The highest BCUT2D eigenvalue weighted by molar-refractivity contribution is 4.80. The van der Waals surface area contributed by atoms with Gasteiger partial charge in [-0.2, -0.15) is 0 Å². The van der Waals surface area contributed by atoms with Gasteiger partial charge in [0.1, 0.15) is 0 Å². The number of aliphatic hydroxyl groups excluding tert-OH is 1. The van der Waals surface area contributed by atoms with Crippen LogP contribution >= 0.6 is 0 Å². The maximum absolute atomic E-state index is 9.72. The van der Waals surface area contributed by atoms with Crippen LogP contribution in [0.3, 0.4) is 0 Å². The van der Waals surface area contributed by atoms with Crippen molar-refractivity contribution in [3.63, 3.8) is 0 Å². The van der Waals surface area contributed by atoms with Gasteiger partial charge in [0.25, 0.3) is 0 Å². The van der Waals surface area contributed by atoms with Crippen molar-refractivity contribution in [3.8, 4) is 0 Å². The Morgan fingerprint density at radius 1 is 1.36 bits per heavy atom.